The fourth-order valence-corrected chi connectivity index (χ4v) is 9.23. The van der Waals surface area contributed by atoms with Crippen LogP contribution in [0.4, 0.5) is 0 Å². The molecule has 33 atom stereocenters. The van der Waals surface area contributed by atoms with E-state index in [1.165, 1.54) is 20.8 Å². The van der Waals surface area contributed by atoms with Crippen LogP contribution in [0.15, 0.2) is 0 Å². The molecule has 0 unspecified atom stereocenters. The Hall–Kier alpha value is -1.24. The largest absolute Gasteiger partial charge is 0.394 e. The van der Waals surface area contributed by atoms with Crippen LogP contribution in [-0.2, 0) is 61.6 Å². The van der Waals surface area contributed by atoms with Crippen LogP contribution in [0.5, 0.6) is 0 Å². The second kappa shape index (κ2) is 24.0. The topological polar surface area (TPSA) is 484 Å². The van der Waals surface area contributed by atoms with Gasteiger partial charge in [-0.05, 0) is 20.8 Å². The first kappa shape index (κ1) is 57.5. The van der Waals surface area contributed by atoms with Gasteiger partial charge in [0, 0.05) is 0 Å². The smallest absolute Gasteiger partial charge is 0.187 e. The summed E-state index contributed by atoms with van der Waals surface area (Å²) in [6, 6.07) is 0. The highest BCUT2D eigenvalue weighted by molar-refractivity contribution is 5.00. The van der Waals surface area contributed by atoms with Crippen molar-refractivity contribution in [3.63, 3.8) is 0 Å². The van der Waals surface area contributed by atoms with Crippen LogP contribution in [-0.4, -0.2) is 321 Å². The minimum atomic E-state index is -2.17. The molecular formula is C40H68O31. The van der Waals surface area contributed by atoms with Crippen molar-refractivity contribution in [1.29, 1.82) is 0 Å². The third-order valence-electron chi connectivity index (χ3n) is 13.7. The van der Waals surface area contributed by atoms with Gasteiger partial charge in [0.2, 0.25) is 0 Å². The molecule has 7 saturated heterocycles. The van der Waals surface area contributed by atoms with Crippen LogP contribution >= 0.6 is 0 Å². The van der Waals surface area contributed by atoms with Gasteiger partial charge in [-0.3, -0.25) is 0 Å². The first-order valence-electron chi connectivity index (χ1n) is 23.0. The lowest BCUT2D eigenvalue weighted by Gasteiger charge is -2.52. The molecular weight excluding hydrogens is 976 g/mol. The normalized spacial score (nSPS) is 55.5. The summed E-state index contributed by atoms with van der Waals surface area (Å²) in [5.41, 5.74) is 0. The van der Waals surface area contributed by atoms with E-state index < -0.39 is 229 Å². The van der Waals surface area contributed by atoms with Crippen LogP contribution in [0, 0.1) is 0 Å². The molecule has 71 heavy (non-hydrogen) atoms. The lowest BCUT2D eigenvalue weighted by molar-refractivity contribution is -0.419. The van der Waals surface area contributed by atoms with E-state index in [9.17, 15) is 91.9 Å². The van der Waals surface area contributed by atoms with Gasteiger partial charge in [-0.1, -0.05) is 0 Å². The number of aliphatic hydroxyl groups excluding tert-OH is 18. The lowest BCUT2D eigenvalue weighted by Crippen LogP contribution is -2.69. The minimum Gasteiger partial charge on any atom is -0.394 e. The summed E-state index contributed by atoms with van der Waals surface area (Å²) in [6.07, 6.45) is -60.1. The van der Waals surface area contributed by atoms with Gasteiger partial charge in [0.1, 0.15) is 140 Å². The van der Waals surface area contributed by atoms with Crippen LogP contribution in [0.3, 0.4) is 0 Å². The van der Waals surface area contributed by atoms with Gasteiger partial charge in [0.15, 0.2) is 44.0 Å². The average molecular weight is 1040 g/mol. The molecule has 31 nitrogen and oxygen atoms in total. The first-order chi connectivity index (χ1) is 33.5. The van der Waals surface area contributed by atoms with Crippen LogP contribution in [0.1, 0.15) is 20.8 Å². The highest BCUT2D eigenvalue weighted by Crippen LogP contribution is 2.39. The first-order valence-corrected chi connectivity index (χ1v) is 23.0. The monoisotopic (exact) mass is 1040 g/mol. The van der Waals surface area contributed by atoms with Gasteiger partial charge in [0.25, 0.3) is 0 Å². The Labute approximate surface area is 403 Å². The Kier molecular flexibility index (Phi) is 19.4. The summed E-state index contributed by atoms with van der Waals surface area (Å²) in [6.45, 7) is 0.861. The van der Waals surface area contributed by atoms with E-state index in [0.29, 0.717) is 0 Å². The molecule has 31 heteroatoms. The second-order valence-corrected chi connectivity index (χ2v) is 18.6. The van der Waals surface area contributed by atoms with E-state index in [2.05, 4.69) is 0 Å². The Morgan fingerprint density at radius 3 is 1.34 bits per heavy atom. The van der Waals surface area contributed by atoms with Gasteiger partial charge in [-0.25, -0.2) is 0 Å². The predicted molar refractivity (Wildman–Crippen MR) is 216 cm³/mol. The summed E-state index contributed by atoms with van der Waals surface area (Å²) < 4.78 is 76.1. The predicted octanol–water partition coefficient (Wildman–Crippen LogP) is -11.9. The van der Waals surface area contributed by atoms with Crippen molar-refractivity contribution >= 4 is 0 Å². The van der Waals surface area contributed by atoms with E-state index in [0.717, 1.165) is 0 Å². The van der Waals surface area contributed by atoms with Gasteiger partial charge in [-0.2, -0.15) is 0 Å². The maximum atomic E-state index is 11.5. The van der Waals surface area contributed by atoms with Gasteiger partial charge in [-0.15, -0.1) is 0 Å². The minimum absolute atomic E-state index is 0.578. The Morgan fingerprint density at radius 2 is 0.761 bits per heavy atom. The third-order valence-corrected chi connectivity index (χ3v) is 13.7. The molecule has 7 fully saturated rings. The highest BCUT2D eigenvalue weighted by atomic mass is 16.8. The fourth-order valence-electron chi connectivity index (χ4n) is 9.23. The molecule has 18 N–H and O–H groups in total. The van der Waals surface area contributed by atoms with Crippen molar-refractivity contribution < 1.29 is 153 Å². The number of rotatable bonds is 14. The Bertz CT molecular complexity index is 1660. The number of aliphatic hydroxyl groups is 18. The van der Waals surface area contributed by atoms with Crippen molar-refractivity contribution in [1.82, 2.24) is 0 Å². The molecule has 0 radical (unpaired) electrons. The summed E-state index contributed by atoms with van der Waals surface area (Å²) in [4.78, 5) is 0. The molecule has 7 aliphatic rings. The highest BCUT2D eigenvalue weighted by Gasteiger charge is 2.59. The van der Waals surface area contributed by atoms with Gasteiger partial charge < -0.3 is 153 Å². The zero-order valence-corrected chi connectivity index (χ0v) is 38.2. The van der Waals surface area contributed by atoms with E-state index in [4.69, 9.17) is 61.6 Å². The molecule has 7 heterocycles. The van der Waals surface area contributed by atoms with Crippen molar-refractivity contribution in [3.8, 4) is 0 Å². The van der Waals surface area contributed by atoms with Gasteiger partial charge >= 0.3 is 0 Å². The molecule has 0 aromatic rings. The number of ether oxygens (including phenoxy) is 13. The maximum absolute atomic E-state index is 11.5. The zero-order chi connectivity index (χ0) is 52.1. The second-order valence-electron chi connectivity index (χ2n) is 18.6. The molecule has 0 bridgehead atoms. The Morgan fingerprint density at radius 1 is 0.324 bits per heavy atom. The zero-order valence-electron chi connectivity index (χ0n) is 38.2. The molecule has 7 aliphatic heterocycles. The summed E-state index contributed by atoms with van der Waals surface area (Å²) in [5.74, 6) is 0. The van der Waals surface area contributed by atoms with E-state index in [-0.39, 0.29) is 0 Å². The SMILES string of the molecule is C[C@@H]1O[C@H](O[C@@H]2CO[C@@H](O[C@H]3[C@@H](O[C@H]4O[C@H](C)[C@@H](O)[C@H](O)[C@@H]4O)[C@H](O[C@H]4O[C@H](CO)[C@H](O)[C@H](O)[C@H]4O)[C@H](O[C@@H]4[C@@H](O)[C@H](O)O[C@H](CO)[C@H]4O[C@@H]4OC[C@@H](O)[C@H](O)[C@H]4O)O[C@H]3C)[C@H](O)[C@H]2O)[C@H](O)[C@H](O)[C@H]1O. The summed E-state index contributed by atoms with van der Waals surface area (Å²) in [5, 5.41) is 193. The standard InChI is InChI=1S/C40H68O31/c1-8-15(44)20(49)25(54)37(61-8)66-14-7-60-36(24(53)19(14)48)67-29-10(3)63-40(69-31-28(57)34(58)64-13(5-42)30(31)68-35-23(52)17(46)11(43)6-59-35)33(71-39-27(56)22(51)18(47)12(4-41)65-39)32(29)70-38-26(55)21(50)16(45)9(2)62-38/h8-58H,4-7H2,1-3H3/t8-,9+,10-,11+,12+,13+,14+,15-,16+,17-,18-,19-,20+,21-,22-,23+,24+,25+,26-,27+,28+,29+,30+,31+,32+,33-,34+,35-,36-,37+,38+,39+,40-/m0/s1. The van der Waals surface area contributed by atoms with Gasteiger partial charge in [0.05, 0.1) is 44.7 Å². The average Bonchev–Trinajstić information content (AvgIpc) is 3.34. The van der Waals surface area contributed by atoms with E-state index in [1.54, 1.807) is 0 Å². The molecule has 0 amide bonds. The molecule has 0 aliphatic carbocycles. The van der Waals surface area contributed by atoms with Crippen molar-refractivity contribution in [3.05, 3.63) is 0 Å². The Balaban J connectivity index is 1.24. The van der Waals surface area contributed by atoms with Crippen LogP contribution < -0.4 is 0 Å². The quantitative estimate of drug-likeness (QED) is 0.0768. The van der Waals surface area contributed by atoms with E-state index >= 15 is 0 Å². The fraction of sp³-hybridized carbons (Fsp3) is 1.00. The van der Waals surface area contributed by atoms with Crippen molar-refractivity contribution in [2.45, 2.75) is 224 Å². The number of hydrogen-bond acceptors (Lipinski definition) is 31. The van der Waals surface area contributed by atoms with Crippen LogP contribution in [0.25, 0.3) is 0 Å². The summed E-state index contributed by atoms with van der Waals surface area (Å²) >= 11 is 0. The van der Waals surface area contributed by atoms with Crippen molar-refractivity contribution in [2.24, 2.45) is 0 Å². The molecule has 0 aromatic carbocycles. The lowest BCUT2D eigenvalue weighted by atomic mass is 9.95. The summed E-state index contributed by atoms with van der Waals surface area (Å²) in [7, 11) is 0. The maximum Gasteiger partial charge on any atom is 0.187 e. The molecule has 0 spiro atoms. The van der Waals surface area contributed by atoms with Crippen molar-refractivity contribution in [2.75, 3.05) is 26.4 Å². The molecule has 7 rings (SSSR count). The number of hydrogen-bond donors (Lipinski definition) is 18. The third kappa shape index (κ3) is 11.9. The molecule has 414 valence electrons. The van der Waals surface area contributed by atoms with E-state index in [1.807, 2.05) is 0 Å². The molecule has 0 aromatic heterocycles. The van der Waals surface area contributed by atoms with Crippen LogP contribution in [0.2, 0.25) is 0 Å². The molecule has 0 saturated carbocycles.